The zero-order valence-corrected chi connectivity index (χ0v) is 24.0. The largest absolute Gasteiger partial charge is 0.396 e. The van der Waals surface area contributed by atoms with Crippen LogP contribution in [0.25, 0.3) is 20.8 Å². The second-order valence-electron chi connectivity index (χ2n) is 12.0. The molecule has 0 radical (unpaired) electrons. The molecule has 212 valence electrons. The summed E-state index contributed by atoms with van der Waals surface area (Å²) in [5.74, 6) is 2.10. The number of rotatable bonds is 8. The molecule has 4 aliphatic rings. The minimum absolute atomic E-state index is 0.0315. The molecule has 3 saturated carbocycles. The van der Waals surface area contributed by atoms with Crippen molar-refractivity contribution in [3.63, 3.8) is 0 Å². The van der Waals surface area contributed by atoms with E-state index in [2.05, 4.69) is 15.6 Å². The van der Waals surface area contributed by atoms with Gasteiger partial charge in [0.15, 0.2) is 6.29 Å². The second-order valence-corrected chi connectivity index (χ2v) is 13.1. The first-order valence-electron chi connectivity index (χ1n) is 14.6. The van der Waals surface area contributed by atoms with Crippen molar-refractivity contribution in [3.8, 4) is 10.6 Å². The van der Waals surface area contributed by atoms with E-state index in [9.17, 15) is 5.11 Å². The van der Waals surface area contributed by atoms with E-state index in [-0.39, 0.29) is 36.3 Å². The first-order valence-corrected chi connectivity index (χ1v) is 15.5. The summed E-state index contributed by atoms with van der Waals surface area (Å²) in [4.78, 5) is 19.5. The van der Waals surface area contributed by atoms with E-state index in [0.29, 0.717) is 12.4 Å². The molecule has 1 saturated heterocycles. The van der Waals surface area contributed by atoms with Crippen LogP contribution in [0.3, 0.4) is 0 Å². The molecule has 3 aromatic heterocycles. The molecule has 4 heterocycles. The van der Waals surface area contributed by atoms with Crippen molar-refractivity contribution < 1.29 is 14.6 Å². The molecule has 1 aliphatic heterocycles. The minimum atomic E-state index is -0.457. The first kappa shape index (κ1) is 25.5. The highest BCUT2D eigenvalue weighted by atomic mass is 32.1. The number of nitrogens with zero attached hydrogens (tertiary/aromatic N) is 4. The molecule has 5 atom stereocenters. The highest BCUT2D eigenvalue weighted by Gasteiger charge is 2.55. The fourth-order valence-electron chi connectivity index (χ4n) is 6.74. The summed E-state index contributed by atoms with van der Waals surface area (Å²) in [6.07, 6.45) is 6.57. The van der Waals surface area contributed by atoms with Crippen LogP contribution in [0.15, 0.2) is 42.6 Å². The predicted octanol–water partition coefficient (Wildman–Crippen LogP) is 5.40. The molecular weight excluding hydrogens is 536 g/mol. The van der Waals surface area contributed by atoms with Gasteiger partial charge in [-0.15, -0.1) is 11.3 Å². The Hall–Kier alpha value is -3.18. The maximum atomic E-state index is 10.3. The van der Waals surface area contributed by atoms with Crippen LogP contribution in [-0.4, -0.2) is 55.4 Å². The number of pyridine rings is 1. The number of ether oxygens (including phenoxy) is 2. The highest BCUT2D eigenvalue weighted by molar-refractivity contribution is 7.21. The van der Waals surface area contributed by atoms with Crippen LogP contribution in [0.2, 0.25) is 0 Å². The van der Waals surface area contributed by atoms with Crippen molar-refractivity contribution in [1.29, 1.82) is 0 Å². The van der Waals surface area contributed by atoms with E-state index in [0.717, 1.165) is 49.5 Å². The summed E-state index contributed by atoms with van der Waals surface area (Å²) in [6.45, 7) is 4.07. The zero-order chi connectivity index (χ0) is 27.7. The maximum absolute atomic E-state index is 10.3. The van der Waals surface area contributed by atoms with Gasteiger partial charge in [-0.2, -0.15) is 4.98 Å². The lowest BCUT2D eigenvalue weighted by atomic mass is 10.1. The monoisotopic (exact) mass is 570 g/mol. The fourth-order valence-corrected chi connectivity index (χ4v) is 7.85. The SMILES string of the molecule is Cc1nc(NC2(C3CC3)CC2)nc(N[C@@H]2C[C@H](CO)[C@H]3OC(c4ccccc4)O[C@H]32)c1-c1nc2c(C)nccc2s1. The number of hydrogen-bond acceptors (Lipinski definition) is 10. The topological polar surface area (TPSA) is 114 Å². The molecule has 41 heavy (non-hydrogen) atoms. The Bertz CT molecular complexity index is 1600. The number of aliphatic hydroxyl groups excluding tert-OH is 1. The normalized spacial score (nSPS) is 28.1. The lowest BCUT2D eigenvalue weighted by Gasteiger charge is -2.24. The van der Waals surface area contributed by atoms with Gasteiger partial charge >= 0.3 is 0 Å². The number of benzene rings is 1. The molecule has 4 aromatic rings. The number of aryl methyl sites for hydroxylation is 2. The summed E-state index contributed by atoms with van der Waals surface area (Å²) < 4.78 is 14.0. The van der Waals surface area contributed by atoms with Crippen molar-refractivity contribution in [1.82, 2.24) is 19.9 Å². The van der Waals surface area contributed by atoms with Gasteiger partial charge in [0.05, 0.1) is 33.8 Å². The van der Waals surface area contributed by atoms with Crippen LogP contribution < -0.4 is 10.6 Å². The standard InChI is InChI=1S/C31H34N6O3S/c1-16-23(28-35-24-17(2)32-13-10-22(24)41-28)27(36-30(33-16)37-31(11-12-31)20-8-9-20)34-21-14-19(15-38)25-26(21)40-29(39-25)18-6-4-3-5-7-18/h3-7,10,13,19-21,25-26,29,38H,8-9,11-12,14-15H2,1-2H3,(H2,33,34,36,37)/t19-,21-,25-,26+,29?/m1/s1. The quantitative estimate of drug-likeness (QED) is 0.256. The Morgan fingerprint density at radius 1 is 1.00 bits per heavy atom. The van der Waals surface area contributed by atoms with Gasteiger partial charge in [-0.3, -0.25) is 4.98 Å². The molecule has 1 unspecified atom stereocenters. The minimum Gasteiger partial charge on any atom is -0.396 e. The number of anilines is 2. The van der Waals surface area contributed by atoms with Gasteiger partial charge in [0.2, 0.25) is 5.95 Å². The number of aromatic nitrogens is 4. The fraction of sp³-hybridized carbons (Fsp3) is 0.484. The average Bonchev–Trinajstić information content (AvgIpc) is 3.85. The first-order chi connectivity index (χ1) is 20.0. The van der Waals surface area contributed by atoms with Crippen LogP contribution >= 0.6 is 11.3 Å². The third-order valence-corrected chi connectivity index (χ3v) is 10.3. The van der Waals surface area contributed by atoms with Crippen molar-refractivity contribution in [3.05, 3.63) is 59.5 Å². The Kier molecular flexibility index (Phi) is 6.03. The summed E-state index contributed by atoms with van der Waals surface area (Å²) in [7, 11) is 0. The smallest absolute Gasteiger partial charge is 0.225 e. The molecule has 0 bridgehead atoms. The number of nitrogens with one attached hydrogen (secondary N) is 2. The number of thiazole rings is 1. The molecule has 0 spiro atoms. The van der Waals surface area contributed by atoms with Crippen molar-refractivity contribution in [2.45, 2.75) is 76.0 Å². The van der Waals surface area contributed by atoms with E-state index >= 15 is 0 Å². The molecule has 10 heteroatoms. The van der Waals surface area contributed by atoms with Gasteiger partial charge in [-0.1, -0.05) is 30.3 Å². The van der Waals surface area contributed by atoms with Gasteiger partial charge < -0.3 is 25.2 Å². The Morgan fingerprint density at radius 3 is 2.54 bits per heavy atom. The Morgan fingerprint density at radius 2 is 1.80 bits per heavy atom. The lowest BCUT2D eigenvalue weighted by molar-refractivity contribution is -0.0866. The Balaban J connectivity index is 1.16. The maximum Gasteiger partial charge on any atom is 0.225 e. The molecule has 0 amide bonds. The number of aliphatic hydroxyl groups is 1. The molecule has 9 nitrogen and oxygen atoms in total. The van der Waals surface area contributed by atoms with Crippen LogP contribution in [0.5, 0.6) is 0 Å². The molecule has 3 N–H and O–H groups in total. The van der Waals surface area contributed by atoms with Crippen molar-refractivity contribution >= 4 is 33.3 Å². The van der Waals surface area contributed by atoms with Gasteiger partial charge in [0.25, 0.3) is 0 Å². The highest BCUT2D eigenvalue weighted by Crippen LogP contribution is 2.55. The van der Waals surface area contributed by atoms with Crippen LogP contribution in [0.4, 0.5) is 11.8 Å². The second kappa shape index (κ2) is 9.69. The van der Waals surface area contributed by atoms with E-state index in [1.807, 2.05) is 56.4 Å². The number of fused-ring (bicyclic) bond motifs is 2. The van der Waals surface area contributed by atoms with Gasteiger partial charge in [0, 0.05) is 29.8 Å². The van der Waals surface area contributed by atoms with Crippen LogP contribution in [0, 0.1) is 25.7 Å². The predicted molar refractivity (Wildman–Crippen MR) is 158 cm³/mol. The Labute approximate surface area is 242 Å². The van der Waals surface area contributed by atoms with Crippen LogP contribution in [-0.2, 0) is 9.47 Å². The molecular formula is C31H34N6O3S. The molecule has 8 rings (SSSR count). The molecule has 4 fully saturated rings. The average molecular weight is 571 g/mol. The number of hydrogen-bond donors (Lipinski definition) is 3. The van der Waals surface area contributed by atoms with E-state index < -0.39 is 6.29 Å². The third kappa shape index (κ3) is 4.48. The van der Waals surface area contributed by atoms with E-state index in [1.165, 1.54) is 25.7 Å². The summed E-state index contributed by atoms with van der Waals surface area (Å²) in [5.41, 5.74) is 4.72. The van der Waals surface area contributed by atoms with Gasteiger partial charge in [-0.05, 0) is 57.9 Å². The van der Waals surface area contributed by atoms with Gasteiger partial charge in [-0.25, -0.2) is 9.97 Å². The summed E-state index contributed by atoms with van der Waals surface area (Å²) in [6, 6.07) is 11.9. The third-order valence-electron chi connectivity index (χ3n) is 9.23. The van der Waals surface area contributed by atoms with E-state index in [1.54, 1.807) is 11.3 Å². The summed E-state index contributed by atoms with van der Waals surface area (Å²) >= 11 is 1.63. The van der Waals surface area contributed by atoms with Crippen molar-refractivity contribution in [2.24, 2.45) is 11.8 Å². The molecule has 3 aliphatic carbocycles. The summed E-state index contributed by atoms with van der Waals surface area (Å²) in [5, 5.41) is 18.6. The van der Waals surface area contributed by atoms with Gasteiger partial charge in [0.1, 0.15) is 22.4 Å². The van der Waals surface area contributed by atoms with Crippen LogP contribution in [0.1, 0.15) is 55.3 Å². The van der Waals surface area contributed by atoms with Crippen molar-refractivity contribution in [2.75, 3.05) is 17.2 Å². The zero-order valence-electron chi connectivity index (χ0n) is 23.2. The van der Waals surface area contributed by atoms with E-state index in [4.69, 9.17) is 24.4 Å². The lowest BCUT2D eigenvalue weighted by Crippen LogP contribution is -2.34. The molecule has 1 aromatic carbocycles.